The number of benzene rings is 2. The number of para-hydroxylation sites is 1. The molecule has 138 valence electrons. The number of aliphatic hydroxyl groups is 1. The first-order valence-corrected chi connectivity index (χ1v) is 8.61. The third-order valence-corrected chi connectivity index (χ3v) is 3.99. The summed E-state index contributed by atoms with van der Waals surface area (Å²) in [6.07, 6.45) is 0. The third-order valence-electron chi connectivity index (χ3n) is 3.18. The molecule has 0 atom stereocenters. The Morgan fingerprint density at radius 2 is 1.73 bits per heavy atom. The Morgan fingerprint density at radius 1 is 1.08 bits per heavy atom. The van der Waals surface area contributed by atoms with Crippen LogP contribution in [0.15, 0.2) is 36.4 Å². The zero-order valence-electron chi connectivity index (χ0n) is 13.4. The van der Waals surface area contributed by atoms with Crippen molar-refractivity contribution in [3.05, 3.63) is 57.0 Å². The molecule has 3 N–H and O–H groups in total. The average molecular weight is 418 g/mol. The molecule has 0 radical (unpaired) electrons. The quantitative estimate of drug-likeness (QED) is 0.596. The van der Waals surface area contributed by atoms with Crippen molar-refractivity contribution in [2.24, 2.45) is 0 Å². The van der Waals surface area contributed by atoms with Gasteiger partial charge in [0.15, 0.2) is 6.61 Å². The summed E-state index contributed by atoms with van der Waals surface area (Å²) >= 11 is 17.8. The number of nitrogens with one attached hydrogen (secondary N) is 2. The molecule has 2 aromatic rings. The molecule has 6 nitrogen and oxygen atoms in total. The van der Waals surface area contributed by atoms with E-state index in [2.05, 4.69) is 10.6 Å². The van der Waals surface area contributed by atoms with Gasteiger partial charge < -0.3 is 20.5 Å². The van der Waals surface area contributed by atoms with Gasteiger partial charge in [0.2, 0.25) is 0 Å². The lowest BCUT2D eigenvalue weighted by Gasteiger charge is -2.12. The fraction of sp³-hybridized carbons (Fsp3) is 0.176. The van der Waals surface area contributed by atoms with Crippen LogP contribution in [0, 0.1) is 0 Å². The minimum atomic E-state index is -0.686. The van der Waals surface area contributed by atoms with E-state index in [4.69, 9.17) is 44.6 Å². The maximum absolute atomic E-state index is 12.2. The first kappa shape index (κ1) is 20.3. The lowest BCUT2D eigenvalue weighted by atomic mass is 10.2. The average Bonchev–Trinajstić information content (AvgIpc) is 2.61. The summed E-state index contributed by atoms with van der Waals surface area (Å²) in [5.74, 6) is -1.29. The van der Waals surface area contributed by atoms with Crippen LogP contribution in [0.25, 0.3) is 0 Å². The van der Waals surface area contributed by atoms with Crippen LogP contribution in [0.2, 0.25) is 15.1 Å². The fourth-order valence-electron chi connectivity index (χ4n) is 2.05. The van der Waals surface area contributed by atoms with E-state index in [9.17, 15) is 9.59 Å². The first-order valence-electron chi connectivity index (χ1n) is 7.47. The standard InChI is InChI=1S/C17H15Cl3N2O4/c18-10-7-12(19)16(13(20)8-10)22-15(24)9-26-17(25)11-3-1-2-4-14(11)21-5-6-23/h1-4,7-8,21,23H,5-6,9H2,(H,22,24). The summed E-state index contributed by atoms with van der Waals surface area (Å²) in [6, 6.07) is 9.47. The van der Waals surface area contributed by atoms with Gasteiger partial charge in [-0.05, 0) is 24.3 Å². The van der Waals surface area contributed by atoms with Gasteiger partial charge in [-0.25, -0.2) is 4.79 Å². The number of carbonyl (C=O) groups is 2. The summed E-state index contributed by atoms with van der Waals surface area (Å²) in [5.41, 5.74) is 0.927. The molecular weight excluding hydrogens is 403 g/mol. The van der Waals surface area contributed by atoms with E-state index in [1.165, 1.54) is 12.1 Å². The molecule has 1 amide bonds. The van der Waals surface area contributed by atoms with Gasteiger partial charge in [0.25, 0.3) is 5.91 Å². The maximum atomic E-state index is 12.2. The van der Waals surface area contributed by atoms with Crippen molar-refractivity contribution in [3.63, 3.8) is 0 Å². The van der Waals surface area contributed by atoms with Gasteiger partial charge in [-0.3, -0.25) is 4.79 Å². The molecule has 0 unspecified atom stereocenters. The Bertz CT molecular complexity index is 791. The lowest BCUT2D eigenvalue weighted by molar-refractivity contribution is -0.119. The molecule has 0 saturated carbocycles. The molecule has 0 spiro atoms. The summed E-state index contributed by atoms with van der Waals surface area (Å²) in [5, 5.41) is 14.9. The van der Waals surface area contributed by atoms with Crippen LogP contribution in [-0.2, 0) is 9.53 Å². The molecule has 0 aliphatic carbocycles. The van der Waals surface area contributed by atoms with Crippen LogP contribution in [0.1, 0.15) is 10.4 Å². The second-order valence-electron chi connectivity index (χ2n) is 5.06. The number of esters is 1. The van der Waals surface area contributed by atoms with Gasteiger partial charge in [-0.15, -0.1) is 0 Å². The molecule has 2 rings (SSSR count). The Balaban J connectivity index is 1.99. The van der Waals surface area contributed by atoms with E-state index in [1.807, 2.05) is 0 Å². The number of halogens is 3. The third kappa shape index (κ3) is 5.51. The Hall–Kier alpha value is -1.99. The van der Waals surface area contributed by atoms with Crippen molar-refractivity contribution in [1.29, 1.82) is 0 Å². The molecule has 0 saturated heterocycles. The topological polar surface area (TPSA) is 87.7 Å². The summed E-state index contributed by atoms with van der Waals surface area (Å²) in [7, 11) is 0. The number of hydrogen-bond donors (Lipinski definition) is 3. The van der Waals surface area contributed by atoms with Gasteiger partial charge in [-0.1, -0.05) is 46.9 Å². The normalized spacial score (nSPS) is 10.3. The van der Waals surface area contributed by atoms with Crippen LogP contribution in [0.3, 0.4) is 0 Å². The number of ether oxygens (including phenoxy) is 1. The molecule has 26 heavy (non-hydrogen) atoms. The predicted molar refractivity (Wildman–Crippen MR) is 102 cm³/mol. The minimum Gasteiger partial charge on any atom is -0.452 e. The molecule has 0 aliphatic rings. The fourth-order valence-corrected chi connectivity index (χ4v) is 2.96. The lowest BCUT2D eigenvalue weighted by Crippen LogP contribution is -2.22. The van der Waals surface area contributed by atoms with E-state index in [0.717, 1.165) is 0 Å². The first-order chi connectivity index (χ1) is 12.4. The van der Waals surface area contributed by atoms with Gasteiger partial charge >= 0.3 is 5.97 Å². The Kier molecular flexibility index (Phi) is 7.53. The van der Waals surface area contributed by atoms with Crippen LogP contribution in [0.5, 0.6) is 0 Å². The largest absolute Gasteiger partial charge is 0.452 e. The summed E-state index contributed by atoms with van der Waals surface area (Å²) in [4.78, 5) is 24.2. The SMILES string of the molecule is O=C(COC(=O)c1ccccc1NCCO)Nc1c(Cl)cc(Cl)cc1Cl. The van der Waals surface area contributed by atoms with Crippen molar-refractivity contribution in [2.75, 3.05) is 30.4 Å². The minimum absolute atomic E-state index is 0.0889. The van der Waals surface area contributed by atoms with Crippen molar-refractivity contribution >= 4 is 58.1 Å². The molecular formula is C17H15Cl3N2O4. The maximum Gasteiger partial charge on any atom is 0.340 e. The summed E-state index contributed by atoms with van der Waals surface area (Å²) in [6.45, 7) is -0.338. The van der Waals surface area contributed by atoms with E-state index >= 15 is 0 Å². The number of carbonyl (C=O) groups excluding carboxylic acids is 2. The number of amides is 1. The van der Waals surface area contributed by atoms with Gasteiger partial charge in [0.05, 0.1) is 27.9 Å². The number of hydrogen-bond acceptors (Lipinski definition) is 5. The number of anilines is 2. The van der Waals surface area contributed by atoms with E-state index in [0.29, 0.717) is 10.7 Å². The second-order valence-corrected chi connectivity index (χ2v) is 6.32. The van der Waals surface area contributed by atoms with Crippen molar-refractivity contribution < 1.29 is 19.4 Å². The molecule has 0 fully saturated rings. The van der Waals surface area contributed by atoms with E-state index < -0.39 is 18.5 Å². The smallest absolute Gasteiger partial charge is 0.340 e. The zero-order valence-corrected chi connectivity index (χ0v) is 15.7. The highest BCUT2D eigenvalue weighted by Crippen LogP contribution is 2.33. The van der Waals surface area contributed by atoms with Crippen LogP contribution in [-0.4, -0.2) is 36.7 Å². The molecule has 2 aromatic carbocycles. The van der Waals surface area contributed by atoms with Crippen molar-refractivity contribution in [1.82, 2.24) is 0 Å². The Morgan fingerprint density at radius 3 is 2.38 bits per heavy atom. The van der Waals surface area contributed by atoms with Crippen molar-refractivity contribution in [2.45, 2.75) is 0 Å². The molecule has 0 heterocycles. The zero-order chi connectivity index (χ0) is 19.1. The molecule has 9 heteroatoms. The van der Waals surface area contributed by atoms with E-state index in [-0.39, 0.29) is 34.4 Å². The van der Waals surface area contributed by atoms with Crippen molar-refractivity contribution in [3.8, 4) is 0 Å². The van der Waals surface area contributed by atoms with Gasteiger partial charge in [-0.2, -0.15) is 0 Å². The monoisotopic (exact) mass is 416 g/mol. The number of rotatable bonds is 7. The second kappa shape index (κ2) is 9.64. The summed E-state index contributed by atoms with van der Waals surface area (Å²) < 4.78 is 5.02. The van der Waals surface area contributed by atoms with Crippen LogP contribution in [0.4, 0.5) is 11.4 Å². The van der Waals surface area contributed by atoms with Gasteiger partial charge in [0, 0.05) is 17.3 Å². The molecule has 0 aromatic heterocycles. The Labute approximate surface area is 165 Å². The van der Waals surface area contributed by atoms with Crippen LogP contribution < -0.4 is 10.6 Å². The molecule has 0 aliphatic heterocycles. The number of aliphatic hydroxyl groups excluding tert-OH is 1. The highest BCUT2D eigenvalue weighted by Gasteiger charge is 2.16. The molecule has 0 bridgehead atoms. The highest BCUT2D eigenvalue weighted by atomic mass is 35.5. The predicted octanol–water partition coefficient (Wildman–Crippen LogP) is 3.85. The highest BCUT2D eigenvalue weighted by molar-refractivity contribution is 6.42. The van der Waals surface area contributed by atoms with Gasteiger partial charge in [0.1, 0.15) is 0 Å². The van der Waals surface area contributed by atoms with E-state index in [1.54, 1.807) is 24.3 Å². The van der Waals surface area contributed by atoms with Crippen LogP contribution >= 0.6 is 34.8 Å².